The lowest BCUT2D eigenvalue weighted by Crippen LogP contribution is -2.24. The van der Waals surface area contributed by atoms with Gasteiger partial charge in [-0.2, -0.15) is 0 Å². The van der Waals surface area contributed by atoms with E-state index in [-0.39, 0.29) is 5.75 Å². The maximum atomic E-state index is 10.7. The van der Waals surface area contributed by atoms with E-state index in [1.807, 2.05) is 30.3 Å². The molecule has 0 saturated heterocycles. The van der Waals surface area contributed by atoms with Crippen molar-refractivity contribution in [1.82, 2.24) is 9.55 Å². The summed E-state index contributed by atoms with van der Waals surface area (Å²) in [4.78, 5) is 15.3. The van der Waals surface area contributed by atoms with Gasteiger partial charge in [0.1, 0.15) is 0 Å². The van der Waals surface area contributed by atoms with Crippen LogP contribution in [0.2, 0.25) is 0 Å². The molecule has 2 aromatic rings. The third-order valence-corrected chi connectivity index (χ3v) is 4.35. The van der Waals surface area contributed by atoms with E-state index < -0.39 is 5.97 Å². The maximum absolute atomic E-state index is 10.7. The molecule has 0 spiro atoms. The smallest absolute Gasteiger partial charge is 0.173 e. The molecule has 0 amide bonds. The predicted molar refractivity (Wildman–Crippen MR) is 75.9 cm³/mol. The van der Waals surface area contributed by atoms with Crippen LogP contribution >= 0.6 is 11.8 Å². The molecule has 3 rings (SSSR count). The lowest BCUT2D eigenvalue weighted by atomic mass is 10.0. The summed E-state index contributed by atoms with van der Waals surface area (Å²) in [7, 11) is 0. The Balaban J connectivity index is 2.04. The Bertz CT molecular complexity index is 622. The summed E-state index contributed by atoms with van der Waals surface area (Å²) in [5, 5.41) is 11.5. The number of carbonyl (C=O) groups is 1. The quantitative estimate of drug-likeness (QED) is 0.801. The number of fused-ring (bicyclic) bond motifs is 1. The van der Waals surface area contributed by atoms with Crippen molar-refractivity contribution in [2.45, 2.75) is 30.8 Å². The average molecular weight is 287 g/mol. The van der Waals surface area contributed by atoms with E-state index in [9.17, 15) is 9.90 Å². The number of nitrogens with zero attached hydrogens (tertiary/aromatic N) is 2. The van der Waals surface area contributed by atoms with Crippen molar-refractivity contribution in [2.75, 3.05) is 5.75 Å². The van der Waals surface area contributed by atoms with Crippen molar-refractivity contribution in [3.05, 3.63) is 41.7 Å². The summed E-state index contributed by atoms with van der Waals surface area (Å²) in [5.41, 5.74) is 3.38. The first-order chi connectivity index (χ1) is 9.75. The number of imidazole rings is 1. The molecule has 0 aliphatic heterocycles. The van der Waals surface area contributed by atoms with E-state index in [0.717, 1.165) is 42.2 Å². The molecule has 20 heavy (non-hydrogen) atoms. The first kappa shape index (κ1) is 13.2. The lowest BCUT2D eigenvalue weighted by molar-refractivity contribution is -0.301. The summed E-state index contributed by atoms with van der Waals surface area (Å²) < 4.78 is 2.10. The molecule has 0 fully saturated rings. The first-order valence-corrected chi connectivity index (χ1v) is 7.73. The fourth-order valence-corrected chi connectivity index (χ4v) is 3.35. The molecule has 0 N–H and O–H groups in total. The second-order valence-electron chi connectivity index (χ2n) is 4.83. The van der Waals surface area contributed by atoms with Gasteiger partial charge < -0.3 is 9.90 Å². The molecule has 0 atom stereocenters. The van der Waals surface area contributed by atoms with Crippen LogP contribution in [0.4, 0.5) is 0 Å². The van der Waals surface area contributed by atoms with Gasteiger partial charge in [0.05, 0.1) is 11.7 Å². The minimum absolute atomic E-state index is 0.0667. The van der Waals surface area contributed by atoms with Crippen molar-refractivity contribution in [1.29, 1.82) is 0 Å². The molecule has 104 valence electrons. The Morgan fingerprint density at radius 2 is 2.00 bits per heavy atom. The summed E-state index contributed by atoms with van der Waals surface area (Å²) in [6, 6.07) is 10.00. The summed E-state index contributed by atoms with van der Waals surface area (Å²) in [6.07, 6.45) is 4.30. The minimum atomic E-state index is -1.06. The van der Waals surface area contributed by atoms with Gasteiger partial charge in [0, 0.05) is 17.1 Å². The molecule has 1 aromatic carbocycles. The van der Waals surface area contributed by atoms with Gasteiger partial charge >= 0.3 is 0 Å². The van der Waals surface area contributed by atoms with Crippen molar-refractivity contribution in [3.8, 4) is 5.69 Å². The van der Waals surface area contributed by atoms with Gasteiger partial charge in [-0.15, -0.1) is 0 Å². The molecule has 1 aliphatic carbocycles. The number of aliphatic carboxylic acids is 1. The number of carboxylic acid groups (broad SMARTS) is 1. The summed E-state index contributed by atoms with van der Waals surface area (Å²) in [6.45, 7) is 0. The molecule has 1 heterocycles. The molecule has 0 saturated carbocycles. The fourth-order valence-electron chi connectivity index (χ4n) is 2.58. The van der Waals surface area contributed by atoms with Gasteiger partial charge in [-0.3, -0.25) is 4.57 Å². The van der Waals surface area contributed by atoms with Crippen LogP contribution in [0, 0.1) is 0 Å². The number of aryl methyl sites for hydroxylation is 1. The topological polar surface area (TPSA) is 57.9 Å². The van der Waals surface area contributed by atoms with Crippen LogP contribution in [0.15, 0.2) is 35.5 Å². The van der Waals surface area contributed by atoms with Crippen LogP contribution in [-0.4, -0.2) is 21.3 Å². The predicted octanol–water partition coefficient (Wildman–Crippen LogP) is 1.59. The zero-order valence-electron chi connectivity index (χ0n) is 11.0. The molecule has 5 heteroatoms. The number of hydrogen-bond donors (Lipinski definition) is 0. The van der Waals surface area contributed by atoms with Crippen LogP contribution in [0.3, 0.4) is 0 Å². The monoisotopic (exact) mass is 287 g/mol. The molecule has 1 aliphatic rings. The fraction of sp³-hybridized carbons (Fsp3) is 0.333. The van der Waals surface area contributed by atoms with E-state index in [0.29, 0.717) is 0 Å². The average Bonchev–Trinajstić information content (AvgIpc) is 2.84. The third-order valence-electron chi connectivity index (χ3n) is 3.44. The third kappa shape index (κ3) is 2.58. The summed E-state index contributed by atoms with van der Waals surface area (Å²) in [5.74, 6) is -1.13. The maximum Gasteiger partial charge on any atom is 0.173 e. The van der Waals surface area contributed by atoms with E-state index in [1.165, 1.54) is 17.5 Å². The van der Waals surface area contributed by atoms with Gasteiger partial charge in [-0.1, -0.05) is 30.0 Å². The molecule has 0 unspecified atom stereocenters. The van der Waals surface area contributed by atoms with Crippen molar-refractivity contribution in [2.24, 2.45) is 0 Å². The molecular formula is C15H15N2O2S-. The number of carbonyl (C=O) groups excluding carboxylic acids is 1. The van der Waals surface area contributed by atoms with Gasteiger partial charge in [0.2, 0.25) is 0 Å². The highest BCUT2D eigenvalue weighted by molar-refractivity contribution is 7.99. The molecule has 0 bridgehead atoms. The summed E-state index contributed by atoms with van der Waals surface area (Å²) >= 11 is 1.23. The Labute approximate surface area is 121 Å². The number of hydrogen-bond acceptors (Lipinski definition) is 4. The largest absolute Gasteiger partial charge is 0.549 e. The Kier molecular flexibility index (Phi) is 3.78. The van der Waals surface area contributed by atoms with Crippen molar-refractivity contribution < 1.29 is 9.90 Å². The van der Waals surface area contributed by atoms with Crippen LogP contribution < -0.4 is 5.11 Å². The molecule has 1 aromatic heterocycles. The molecular weight excluding hydrogens is 272 g/mol. The number of rotatable bonds is 4. The molecule has 4 nitrogen and oxygen atoms in total. The van der Waals surface area contributed by atoms with Gasteiger partial charge in [0.15, 0.2) is 5.16 Å². The van der Waals surface area contributed by atoms with Gasteiger partial charge in [-0.25, -0.2) is 4.98 Å². The standard InChI is InChI=1S/C15H16N2O2S/c18-14(19)10-20-15-16-12-8-4-5-9-13(12)17(15)11-6-2-1-3-7-11/h1-3,6-7H,4-5,8-10H2,(H,18,19)/p-1. The second kappa shape index (κ2) is 5.71. The number of thioether (sulfide) groups is 1. The second-order valence-corrected chi connectivity index (χ2v) is 5.77. The van der Waals surface area contributed by atoms with Crippen LogP contribution in [0.25, 0.3) is 5.69 Å². The van der Waals surface area contributed by atoms with Crippen LogP contribution in [0.1, 0.15) is 24.2 Å². The van der Waals surface area contributed by atoms with E-state index in [2.05, 4.69) is 9.55 Å². The van der Waals surface area contributed by atoms with Gasteiger partial charge in [-0.05, 0) is 37.8 Å². The minimum Gasteiger partial charge on any atom is -0.549 e. The van der Waals surface area contributed by atoms with Crippen LogP contribution in [-0.2, 0) is 17.6 Å². The van der Waals surface area contributed by atoms with E-state index in [4.69, 9.17) is 0 Å². The highest BCUT2D eigenvalue weighted by atomic mass is 32.2. The number of benzene rings is 1. The first-order valence-electron chi connectivity index (χ1n) is 6.74. The zero-order chi connectivity index (χ0) is 13.9. The van der Waals surface area contributed by atoms with Crippen LogP contribution in [0.5, 0.6) is 0 Å². The number of aromatic nitrogens is 2. The van der Waals surface area contributed by atoms with Crippen molar-refractivity contribution >= 4 is 17.7 Å². The van der Waals surface area contributed by atoms with Crippen molar-refractivity contribution in [3.63, 3.8) is 0 Å². The number of para-hydroxylation sites is 1. The zero-order valence-corrected chi connectivity index (χ0v) is 11.9. The Morgan fingerprint density at radius 3 is 2.75 bits per heavy atom. The highest BCUT2D eigenvalue weighted by Crippen LogP contribution is 2.30. The van der Waals surface area contributed by atoms with E-state index >= 15 is 0 Å². The van der Waals surface area contributed by atoms with Gasteiger partial charge in [0.25, 0.3) is 0 Å². The highest BCUT2D eigenvalue weighted by Gasteiger charge is 2.21. The molecule has 0 radical (unpaired) electrons. The Morgan fingerprint density at radius 1 is 1.25 bits per heavy atom. The normalized spacial score (nSPS) is 14.0. The number of carboxylic acids is 1. The Hall–Kier alpha value is -1.75. The van der Waals surface area contributed by atoms with E-state index in [1.54, 1.807) is 0 Å². The SMILES string of the molecule is O=C([O-])CSc1nc2c(n1-c1ccccc1)CCCC2. The lowest BCUT2D eigenvalue weighted by Gasteiger charge is -2.15.